The van der Waals surface area contributed by atoms with Gasteiger partial charge in [0, 0.05) is 12.1 Å². The highest BCUT2D eigenvalue weighted by molar-refractivity contribution is 6.46. The Morgan fingerprint density at radius 1 is 0.974 bits per heavy atom. The number of ketones is 1. The molecule has 0 bridgehead atoms. The van der Waals surface area contributed by atoms with Gasteiger partial charge in [0.15, 0.2) is 0 Å². The first-order valence-electron chi connectivity index (χ1n) is 13.5. The molecule has 1 saturated heterocycles. The number of carbonyl (C=O) groups excluding carboxylic acids is 2. The molecule has 1 aliphatic rings. The molecule has 5 nitrogen and oxygen atoms in total. The van der Waals surface area contributed by atoms with Gasteiger partial charge < -0.3 is 14.7 Å². The molecule has 3 aromatic carbocycles. The van der Waals surface area contributed by atoms with Crippen molar-refractivity contribution >= 4 is 17.4 Å². The number of hydrogen-bond donors (Lipinski definition) is 1. The molecule has 0 aromatic heterocycles. The number of aryl methyl sites for hydroxylation is 2. The average molecular weight is 526 g/mol. The van der Waals surface area contributed by atoms with E-state index in [0.29, 0.717) is 11.3 Å². The normalized spacial score (nSPS) is 17.3. The number of aliphatic hydroxyl groups is 1. The molecule has 5 heteroatoms. The van der Waals surface area contributed by atoms with Gasteiger partial charge in [-0.25, -0.2) is 0 Å². The Kier molecular flexibility index (Phi) is 7.74. The van der Waals surface area contributed by atoms with Crippen molar-refractivity contribution in [2.45, 2.75) is 72.4 Å². The van der Waals surface area contributed by atoms with Crippen LogP contribution in [-0.2, 0) is 21.5 Å². The lowest BCUT2D eigenvalue weighted by Crippen LogP contribution is -2.29. The second-order valence-corrected chi connectivity index (χ2v) is 11.8. The fraction of sp³-hybridized carbons (Fsp3) is 0.353. The summed E-state index contributed by atoms with van der Waals surface area (Å²) in [5.41, 5.74) is 6.49. The lowest BCUT2D eigenvalue weighted by molar-refractivity contribution is -0.140. The Labute approximate surface area is 232 Å². The van der Waals surface area contributed by atoms with Crippen LogP contribution in [0.3, 0.4) is 0 Å². The van der Waals surface area contributed by atoms with E-state index < -0.39 is 17.7 Å². The molecule has 39 heavy (non-hydrogen) atoms. The lowest BCUT2D eigenvalue weighted by Gasteiger charge is -2.27. The molecule has 0 spiro atoms. The fourth-order valence-corrected chi connectivity index (χ4v) is 5.20. The van der Waals surface area contributed by atoms with Crippen molar-refractivity contribution in [1.82, 2.24) is 4.90 Å². The summed E-state index contributed by atoms with van der Waals surface area (Å²) < 4.78 is 5.51. The number of Topliss-reactive ketones (excluding diaryl/α,β-unsaturated/α-hetero) is 1. The molecule has 0 aliphatic carbocycles. The predicted molar refractivity (Wildman–Crippen MR) is 156 cm³/mol. The van der Waals surface area contributed by atoms with Gasteiger partial charge in [0.05, 0.1) is 18.7 Å². The van der Waals surface area contributed by atoms with Crippen LogP contribution < -0.4 is 4.74 Å². The van der Waals surface area contributed by atoms with Crippen LogP contribution in [0.15, 0.2) is 66.2 Å². The van der Waals surface area contributed by atoms with E-state index in [4.69, 9.17) is 4.74 Å². The van der Waals surface area contributed by atoms with E-state index in [1.165, 1.54) is 0 Å². The molecule has 204 valence electrons. The monoisotopic (exact) mass is 525 g/mol. The average Bonchev–Trinajstić information content (AvgIpc) is 3.14. The highest BCUT2D eigenvalue weighted by atomic mass is 16.5. The van der Waals surface area contributed by atoms with Gasteiger partial charge in [-0.3, -0.25) is 9.59 Å². The molecule has 1 N–H and O–H groups in total. The van der Waals surface area contributed by atoms with Crippen LogP contribution in [0.4, 0.5) is 0 Å². The molecule has 0 radical (unpaired) electrons. The summed E-state index contributed by atoms with van der Waals surface area (Å²) in [6.45, 7) is 14.8. The zero-order chi connectivity index (χ0) is 28.6. The summed E-state index contributed by atoms with van der Waals surface area (Å²) in [7, 11) is 1.61. The maximum Gasteiger partial charge on any atom is 0.295 e. The summed E-state index contributed by atoms with van der Waals surface area (Å²) in [4.78, 5) is 28.7. The Bertz CT molecular complexity index is 1440. The number of amides is 1. The Balaban J connectivity index is 1.90. The first kappa shape index (κ1) is 28.2. The van der Waals surface area contributed by atoms with Crippen LogP contribution in [0.5, 0.6) is 5.75 Å². The van der Waals surface area contributed by atoms with Gasteiger partial charge in [0.2, 0.25) is 0 Å². The number of hydrogen-bond acceptors (Lipinski definition) is 4. The molecule has 3 aromatic rings. The first-order chi connectivity index (χ1) is 18.3. The minimum absolute atomic E-state index is 0.0463. The smallest absolute Gasteiger partial charge is 0.295 e. The SMILES string of the molecule is COc1ccc(/C(O)=C2/C(=O)C(=O)N(Cc3cc(C)ccc3C)C2c2ccc(C(C)(C)C)cc2)cc1C(C)C. The highest BCUT2D eigenvalue weighted by Crippen LogP contribution is 2.42. The third-order valence-corrected chi connectivity index (χ3v) is 7.60. The molecule has 1 heterocycles. The number of methoxy groups -OCH3 is 1. The Morgan fingerprint density at radius 2 is 1.64 bits per heavy atom. The van der Waals surface area contributed by atoms with E-state index >= 15 is 0 Å². The van der Waals surface area contributed by atoms with Crippen molar-refractivity contribution in [3.05, 3.63) is 105 Å². The number of nitrogens with zero attached hydrogens (tertiary/aromatic N) is 1. The van der Waals surface area contributed by atoms with Crippen LogP contribution in [-0.4, -0.2) is 28.8 Å². The van der Waals surface area contributed by atoms with E-state index in [-0.39, 0.29) is 29.2 Å². The topological polar surface area (TPSA) is 66.8 Å². The largest absolute Gasteiger partial charge is 0.507 e. The molecule has 1 aliphatic heterocycles. The van der Waals surface area contributed by atoms with Crippen molar-refractivity contribution in [1.29, 1.82) is 0 Å². The van der Waals surface area contributed by atoms with Gasteiger partial charge in [0.25, 0.3) is 11.7 Å². The zero-order valence-electron chi connectivity index (χ0n) is 24.3. The molecule has 1 fully saturated rings. The molecular formula is C34H39NO4. The van der Waals surface area contributed by atoms with Crippen LogP contribution in [0.1, 0.15) is 85.5 Å². The zero-order valence-corrected chi connectivity index (χ0v) is 24.3. The number of rotatable bonds is 6. The summed E-state index contributed by atoms with van der Waals surface area (Å²) in [5.74, 6) is -0.609. The lowest BCUT2D eigenvalue weighted by atomic mass is 9.85. The quantitative estimate of drug-likeness (QED) is 0.207. The van der Waals surface area contributed by atoms with Crippen molar-refractivity contribution in [3.63, 3.8) is 0 Å². The van der Waals surface area contributed by atoms with Crippen molar-refractivity contribution in [2.75, 3.05) is 7.11 Å². The maximum atomic E-state index is 13.6. The first-order valence-corrected chi connectivity index (χ1v) is 13.5. The van der Waals surface area contributed by atoms with Gasteiger partial charge in [-0.1, -0.05) is 82.6 Å². The molecular weight excluding hydrogens is 486 g/mol. The number of benzene rings is 3. The van der Waals surface area contributed by atoms with Crippen LogP contribution in [0, 0.1) is 13.8 Å². The van der Waals surface area contributed by atoms with E-state index in [0.717, 1.165) is 33.4 Å². The van der Waals surface area contributed by atoms with Crippen LogP contribution in [0.25, 0.3) is 5.76 Å². The minimum atomic E-state index is -0.719. The van der Waals surface area contributed by atoms with Crippen LogP contribution in [0.2, 0.25) is 0 Å². The minimum Gasteiger partial charge on any atom is -0.507 e. The maximum absolute atomic E-state index is 13.6. The predicted octanol–water partition coefficient (Wildman–Crippen LogP) is 7.35. The van der Waals surface area contributed by atoms with Gasteiger partial charge in [-0.2, -0.15) is 0 Å². The third-order valence-electron chi connectivity index (χ3n) is 7.60. The Morgan fingerprint density at radius 3 is 2.23 bits per heavy atom. The molecule has 1 unspecified atom stereocenters. The van der Waals surface area contributed by atoms with Gasteiger partial charge in [0.1, 0.15) is 11.5 Å². The number of aliphatic hydroxyl groups excluding tert-OH is 1. The summed E-state index contributed by atoms with van der Waals surface area (Å²) in [6.07, 6.45) is 0. The second-order valence-electron chi connectivity index (χ2n) is 11.8. The number of likely N-dealkylation sites (tertiary alicyclic amines) is 1. The molecule has 1 amide bonds. The second kappa shape index (κ2) is 10.7. The van der Waals surface area contributed by atoms with E-state index in [1.54, 1.807) is 24.1 Å². The molecule has 4 rings (SSSR count). The fourth-order valence-electron chi connectivity index (χ4n) is 5.20. The summed E-state index contributed by atoms with van der Waals surface area (Å²) in [6, 6.07) is 18.8. The summed E-state index contributed by atoms with van der Waals surface area (Å²) >= 11 is 0. The van der Waals surface area contributed by atoms with E-state index in [9.17, 15) is 14.7 Å². The van der Waals surface area contributed by atoms with Crippen LogP contribution >= 0.6 is 0 Å². The van der Waals surface area contributed by atoms with E-state index in [1.807, 2.05) is 76.2 Å². The number of ether oxygens (including phenoxy) is 1. The number of carbonyl (C=O) groups is 2. The molecule has 1 atom stereocenters. The van der Waals surface area contributed by atoms with Gasteiger partial charge >= 0.3 is 0 Å². The van der Waals surface area contributed by atoms with Gasteiger partial charge in [-0.15, -0.1) is 0 Å². The van der Waals surface area contributed by atoms with Crippen molar-refractivity contribution < 1.29 is 19.4 Å². The van der Waals surface area contributed by atoms with Crippen molar-refractivity contribution in [3.8, 4) is 5.75 Å². The third kappa shape index (κ3) is 5.49. The Hall–Kier alpha value is -3.86. The van der Waals surface area contributed by atoms with Crippen molar-refractivity contribution in [2.24, 2.45) is 0 Å². The standard InChI is InChI=1S/C34H39NO4/c1-20(2)27-18-24(13-16-28(27)39-8)31(36)29-30(23-11-14-26(15-12-23)34(5,6)7)35(33(38)32(29)37)19-25-17-21(3)9-10-22(25)4/h9-18,20,30,36H,19H2,1-8H3/b31-29-. The van der Waals surface area contributed by atoms with E-state index in [2.05, 4.69) is 20.8 Å². The highest BCUT2D eigenvalue weighted by Gasteiger charge is 2.46. The molecule has 0 saturated carbocycles. The van der Waals surface area contributed by atoms with Gasteiger partial charge in [-0.05, 0) is 71.2 Å². The summed E-state index contributed by atoms with van der Waals surface area (Å²) in [5, 5.41) is 11.6.